The lowest BCUT2D eigenvalue weighted by Gasteiger charge is -2.11. The number of nitrogens with one attached hydrogen (secondary N) is 2. The van der Waals surface area contributed by atoms with Crippen molar-refractivity contribution in [2.45, 2.75) is 13.8 Å². The van der Waals surface area contributed by atoms with E-state index in [1.54, 1.807) is 32.4 Å². The van der Waals surface area contributed by atoms with Gasteiger partial charge >= 0.3 is 0 Å². The number of nitrogens with zero attached hydrogens (tertiary/aromatic N) is 3. The molecule has 0 aliphatic carbocycles. The molecular formula is C17H16FN5O. The fraction of sp³-hybridized carbons (Fsp3) is 0.176. The van der Waals surface area contributed by atoms with Crippen LogP contribution in [0.5, 0.6) is 0 Å². The molecule has 0 saturated heterocycles. The van der Waals surface area contributed by atoms with Gasteiger partial charge < -0.3 is 10.6 Å². The maximum absolute atomic E-state index is 14.0. The van der Waals surface area contributed by atoms with Crippen molar-refractivity contribution in [3.8, 4) is 11.1 Å². The summed E-state index contributed by atoms with van der Waals surface area (Å²) in [6.45, 7) is 3.15. The molecule has 0 aliphatic rings. The zero-order valence-electron chi connectivity index (χ0n) is 13.5. The third-order valence-corrected chi connectivity index (χ3v) is 3.59. The Hall–Kier alpha value is -3.09. The molecule has 122 valence electrons. The monoisotopic (exact) mass is 325 g/mol. The van der Waals surface area contributed by atoms with E-state index in [-0.39, 0.29) is 11.6 Å². The van der Waals surface area contributed by atoms with Crippen molar-refractivity contribution in [2.24, 2.45) is 0 Å². The predicted octanol–water partition coefficient (Wildman–Crippen LogP) is 3.14. The van der Waals surface area contributed by atoms with Crippen molar-refractivity contribution in [2.75, 3.05) is 17.7 Å². The average molecular weight is 325 g/mol. The molecular weight excluding hydrogens is 309 g/mol. The van der Waals surface area contributed by atoms with Gasteiger partial charge in [0.15, 0.2) is 5.65 Å². The highest BCUT2D eigenvalue weighted by Gasteiger charge is 2.11. The van der Waals surface area contributed by atoms with Gasteiger partial charge in [0.1, 0.15) is 5.82 Å². The van der Waals surface area contributed by atoms with E-state index < -0.39 is 5.82 Å². The van der Waals surface area contributed by atoms with Gasteiger partial charge in [0.25, 0.3) is 0 Å². The Kier molecular flexibility index (Phi) is 4.07. The van der Waals surface area contributed by atoms with Gasteiger partial charge in [-0.3, -0.25) is 4.79 Å². The van der Waals surface area contributed by atoms with E-state index in [9.17, 15) is 9.18 Å². The first kappa shape index (κ1) is 15.8. The maximum Gasteiger partial charge on any atom is 0.224 e. The van der Waals surface area contributed by atoms with Crippen molar-refractivity contribution < 1.29 is 9.18 Å². The molecule has 0 fully saturated rings. The smallest absolute Gasteiger partial charge is 0.224 e. The van der Waals surface area contributed by atoms with Gasteiger partial charge in [0.2, 0.25) is 11.9 Å². The summed E-state index contributed by atoms with van der Waals surface area (Å²) in [5, 5.41) is 6.13. The van der Waals surface area contributed by atoms with Crippen molar-refractivity contribution >= 4 is 28.6 Å². The number of aryl methyl sites for hydroxylation is 1. The second kappa shape index (κ2) is 6.19. The summed E-state index contributed by atoms with van der Waals surface area (Å²) in [5.41, 5.74) is 3.04. The minimum Gasteiger partial charge on any atom is -0.357 e. The number of rotatable bonds is 3. The molecule has 6 nitrogen and oxygen atoms in total. The SMILES string of the molecule is CNc1ncc2cc(-c3cc(NC(C)=O)c(F)cc3C)cnc2n1. The van der Waals surface area contributed by atoms with Crippen molar-refractivity contribution in [3.63, 3.8) is 0 Å². The molecule has 0 saturated carbocycles. The van der Waals surface area contributed by atoms with E-state index in [0.29, 0.717) is 11.6 Å². The summed E-state index contributed by atoms with van der Waals surface area (Å²) in [6, 6.07) is 4.89. The lowest BCUT2D eigenvalue weighted by atomic mass is 10.00. The van der Waals surface area contributed by atoms with Crippen LogP contribution in [-0.4, -0.2) is 27.9 Å². The van der Waals surface area contributed by atoms with Gasteiger partial charge in [0, 0.05) is 37.3 Å². The van der Waals surface area contributed by atoms with Crippen LogP contribution in [0, 0.1) is 12.7 Å². The Bertz CT molecular complexity index is 942. The van der Waals surface area contributed by atoms with Crippen LogP contribution in [-0.2, 0) is 4.79 Å². The van der Waals surface area contributed by atoms with Crippen LogP contribution in [0.2, 0.25) is 0 Å². The molecule has 7 heteroatoms. The molecule has 0 radical (unpaired) electrons. The summed E-state index contributed by atoms with van der Waals surface area (Å²) in [5.74, 6) is -0.302. The summed E-state index contributed by atoms with van der Waals surface area (Å²) in [7, 11) is 1.74. The number of hydrogen-bond acceptors (Lipinski definition) is 5. The molecule has 3 aromatic rings. The standard InChI is InChI=1S/C17H16FN5O/c1-9-4-14(18)15(22-10(2)24)6-13(9)11-5-12-8-21-17(19-3)23-16(12)20-7-11/h4-8H,1-3H3,(H,22,24)(H,19,20,21,23). The van der Waals surface area contributed by atoms with Crippen LogP contribution in [0.4, 0.5) is 16.0 Å². The lowest BCUT2D eigenvalue weighted by Crippen LogP contribution is -2.08. The molecule has 3 rings (SSSR count). The minimum absolute atomic E-state index is 0.143. The first-order chi connectivity index (χ1) is 11.5. The number of carbonyl (C=O) groups excluding carboxylic acids is 1. The predicted molar refractivity (Wildman–Crippen MR) is 91.3 cm³/mol. The number of carbonyl (C=O) groups is 1. The summed E-state index contributed by atoms with van der Waals surface area (Å²) >= 11 is 0. The number of hydrogen-bond donors (Lipinski definition) is 2. The normalized spacial score (nSPS) is 10.7. The maximum atomic E-state index is 14.0. The fourth-order valence-corrected chi connectivity index (χ4v) is 2.46. The highest BCUT2D eigenvalue weighted by atomic mass is 19.1. The van der Waals surface area contributed by atoms with E-state index in [4.69, 9.17) is 0 Å². The average Bonchev–Trinajstić information content (AvgIpc) is 2.56. The number of fused-ring (bicyclic) bond motifs is 1. The molecule has 2 aromatic heterocycles. The Balaban J connectivity index is 2.10. The molecule has 0 unspecified atom stereocenters. The van der Waals surface area contributed by atoms with Gasteiger partial charge in [-0.2, -0.15) is 4.98 Å². The van der Waals surface area contributed by atoms with E-state index in [1.165, 1.54) is 13.0 Å². The molecule has 24 heavy (non-hydrogen) atoms. The third-order valence-electron chi connectivity index (χ3n) is 3.59. The summed E-state index contributed by atoms with van der Waals surface area (Å²) in [4.78, 5) is 24.0. The van der Waals surface area contributed by atoms with Gasteiger partial charge in [-0.15, -0.1) is 0 Å². The van der Waals surface area contributed by atoms with Crippen LogP contribution in [0.1, 0.15) is 12.5 Å². The van der Waals surface area contributed by atoms with Crippen LogP contribution in [0.25, 0.3) is 22.2 Å². The Morgan fingerprint density at radius 2 is 1.96 bits per heavy atom. The van der Waals surface area contributed by atoms with Gasteiger partial charge in [0.05, 0.1) is 5.69 Å². The molecule has 0 aliphatic heterocycles. The fourth-order valence-electron chi connectivity index (χ4n) is 2.46. The molecule has 1 amide bonds. The van der Waals surface area contributed by atoms with Crippen molar-refractivity contribution in [3.05, 3.63) is 42.0 Å². The highest BCUT2D eigenvalue weighted by Crippen LogP contribution is 2.30. The van der Waals surface area contributed by atoms with Gasteiger partial charge in [-0.25, -0.2) is 14.4 Å². The zero-order chi connectivity index (χ0) is 17.3. The molecule has 0 atom stereocenters. The van der Waals surface area contributed by atoms with Crippen LogP contribution in [0.3, 0.4) is 0 Å². The minimum atomic E-state index is -0.470. The molecule has 0 spiro atoms. The van der Waals surface area contributed by atoms with E-state index in [0.717, 1.165) is 22.1 Å². The van der Waals surface area contributed by atoms with Crippen LogP contribution >= 0.6 is 0 Å². The number of benzene rings is 1. The molecule has 2 heterocycles. The summed E-state index contributed by atoms with van der Waals surface area (Å²) in [6.07, 6.45) is 3.35. The molecule has 0 bridgehead atoms. The van der Waals surface area contributed by atoms with Gasteiger partial charge in [-0.1, -0.05) is 0 Å². The largest absolute Gasteiger partial charge is 0.357 e. The zero-order valence-corrected chi connectivity index (χ0v) is 13.5. The number of pyridine rings is 1. The highest BCUT2D eigenvalue weighted by molar-refractivity contribution is 5.90. The quantitative estimate of drug-likeness (QED) is 0.773. The number of aromatic nitrogens is 3. The molecule has 2 N–H and O–H groups in total. The molecule has 1 aromatic carbocycles. The van der Waals surface area contributed by atoms with Crippen LogP contribution < -0.4 is 10.6 Å². The van der Waals surface area contributed by atoms with E-state index in [2.05, 4.69) is 25.6 Å². The van der Waals surface area contributed by atoms with Gasteiger partial charge in [-0.05, 0) is 36.2 Å². The number of anilines is 2. The first-order valence-electron chi connectivity index (χ1n) is 7.36. The topological polar surface area (TPSA) is 79.8 Å². The Morgan fingerprint density at radius 3 is 2.67 bits per heavy atom. The second-order valence-electron chi connectivity index (χ2n) is 5.41. The van der Waals surface area contributed by atoms with Crippen molar-refractivity contribution in [1.82, 2.24) is 15.0 Å². The van der Waals surface area contributed by atoms with Crippen LogP contribution in [0.15, 0.2) is 30.6 Å². The van der Waals surface area contributed by atoms with E-state index in [1.807, 2.05) is 6.07 Å². The lowest BCUT2D eigenvalue weighted by molar-refractivity contribution is -0.114. The Morgan fingerprint density at radius 1 is 1.17 bits per heavy atom. The van der Waals surface area contributed by atoms with E-state index >= 15 is 0 Å². The number of halogens is 1. The Labute approximate surface area is 138 Å². The second-order valence-corrected chi connectivity index (χ2v) is 5.41. The van der Waals surface area contributed by atoms with Crippen molar-refractivity contribution in [1.29, 1.82) is 0 Å². The first-order valence-corrected chi connectivity index (χ1v) is 7.36. The third kappa shape index (κ3) is 3.01. The summed E-state index contributed by atoms with van der Waals surface area (Å²) < 4.78 is 14.0. The number of amides is 1.